The van der Waals surface area contributed by atoms with Gasteiger partial charge in [-0.1, -0.05) is 0 Å². The van der Waals surface area contributed by atoms with Gasteiger partial charge in [-0.25, -0.2) is 0 Å². The van der Waals surface area contributed by atoms with Crippen LogP contribution in [0.1, 0.15) is 13.8 Å². The third-order valence-corrected chi connectivity index (χ3v) is 6.87. The Hall–Kier alpha value is -1.44. The van der Waals surface area contributed by atoms with Crippen LogP contribution in [-0.2, 0) is 0 Å². The van der Waals surface area contributed by atoms with E-state index in [0.29, 0.717) is 0 Å². The molecule has 0 radical (unpaired) electrons. The largest absolute Gasteiger partial charge is 0.394 e. The van der Waals surface area contributed by atoms with Crippen LogP contribution in [0.15, 0.2) is 0 Å². The minimum Gasteiger partial charge on any atom is -0.394 e. The SMILES string of the molecule is CC1(C)C2([N+](=O)[O-])CN3CC1([N+](=O)[O-])CN(C2)C3[C@@H](O)[C@H](O)[C@H](O)CO. The van der Waals surface area contributed by atoms with Gasteiger partial charge in [0.15, 0.2) is 0 Å². The molecule has 26 heavy (non-hydrogen) atoms. The highest BCUT2D eigenvalue weighted by atomic mass is 16.6. The van der Waals surface area contributed by atoms with Crippen LogP contribution in [0.4, 0.5) is 0 Å². The highest BCUT2D eigenvalue weighted by Crippen LogP contribution is 2.56. The molecule has 4 fully saturated rings. The molecule has 0 aliphatic carbocycles. The summed E-state index contributed by atoms with van der Waals surface area (Å²) < 4.78 is 0. The highest BCUT2D eigenvalue weighted by molar-refractivity contribution is 5.22. The number of piperidine rings is 2. The van der Waals surface area contributed by atoms with Gasteiger partial charge in [-0.15, -0.1) is 0 Å². The van der Waals surface area contributed by atoms with Crippen molar-refractivity contribution < 1.29 is 30.3 Å². The molecule has 3 atom stereocenters. The third-order valence-electron chi connectivity index (χ3n) is 6.87. The van der Waals surface area contributed by atoms with Gasteiger partial charge < -0.3 is 20.4 Å². The summed E-state index contributed by atoms with van der Waals surface area (Å²) in [5, 5.41) is 63.0. The molecule has 0 aromatic heterocycles. The fourth-order valence-electron chi connectivity index (χ4n) is 5.02. The molecule has 4 N–H and O–H groups in total. The van der Waals surface area contributed by atoms with Crippen LogP contribution in [0.2, 0.25) is 0 Å². The van der Waals surface area contributed by atoms with E-state index >= 15 is 0 Å². The van der Waals surface area contributed by atoms with Gasteiger partial charge in [0, 0.05) is 9.85 Å². The van der Waals surface area contributed by atoms with E-state index < -0.39 is 57.4 Å². The molecule has 4 rings (SSSR count). The molecule has 4 saturated heterocycles. The van der Waals surface area contributed by atoms with Gasteiger partial charge in [-0.2, -0.15) is 0 Å². The van der Waals surface area contributed by atoms with Crippen molar-refractivity contribution in [3.05, 3.63) is 20.2 Å². The monoisotopic (exact) mass is 376 g/mol. The standard InChI is InChI=1S/C14H24N4O8/c1-12(2)13(17(23)24)4-15-6-14(12,18(25)26)7-16(5-13)11(15)10(22)9(21)8(20)3-19/h8-11,19-22H,3-7H2,1-2H3/t8-,9-,10+,11?,13?,14?/m1/s1. The molecule has 0 amide bonds. The van der Waals surface area contributed by atoms with Crippen LogP contribution in [0.5, 0.6) is 0 Å². The molecule has 0 aromatic rings. The summed E-state index contributed by atoms with van der Waals surface area (Å²) in [5.41, 5.74) is -4.40. The fourth-order valence-corrected chi connectivity index (χ4v) is 5.02. The van der Waals surface area contributed by atoms with Gasteiger partial charge in [0.1, 0.15) is 23.7 Å². The van der Waals surface area contributed by atoms with E-state index in [-0.39, 0.29) is 26.2 Å². The minimum atomic E-state index is -1.69. The summed E-state index contributed by atoms with van der Waals surface area (Å²) in [6, 6.07) is 0. The Morgan fingerprint density at radius 2 is 1.38 bits per heavy atom. The van der Waals surface area contributed by atoms with Crippen LogP contribution in [0.25, 0.3) is 0 Å². The zero-order chi connectivity index (χ0) is 19.7. The van der Waals surface area contributed by atoms with Crippen LogP contribution in [0.3, 0.4) is 0 Å². The highest BCUT2D eigenvalue weighted by Gasteiger charge is 2.82. The molecular formula is C14H24N4O8. The first kappa shape index (κ1) is 19.3. The number of hydrogen-bond donors (Lipinski definition) is 4. The number of aliphatic hydroxyl groups is 4. The van der Waals surface area contributed by atoms with Gasteiger partial charge in [-0.05, 0) is 13.8 Å². The maximum atomic E-state index is 11.9. The summed E-state index contributed by atoms with van der Waals surface area (Å²) in [5.74, 6) is 0. The van der Waals surface area contributed by atoms with Gasteiger partial charge in [0.2, 0.25) is 0 Å². The number of nitrogens with zero attached hydrogens (tertiary/aromatic N) is 4. The zero-order valence-electron chi connectivity index (χ0n) is 14.6. The van der Waals surface area contributed by atoms with Crippen LogP contribution in [0, 0.1) is 25.6 Å². The van der Waals surface area contributed by atoms with Gasteiger partial charge in [0.25, 0.3) is 11.1 Å². The van der Waals surface area contributed by atoms with Gasteiger partial charge in [-0.3, -0.25) is 30.0 Å². The molecule has 4 heterocycles. The second-order valence-corrected chi connectivity index (χ2v) is 8.16. The van der Waals surface area contributed by atoms with E-state index in [2.05, 4.69) is 0 Å². The van der Waals surface area contributed by atoms with Gasteiger partial charge >= 0.3 is 0 Å². The molecule has 4 aliphatic rings. The van der Waals surface area contributed by atoms with Gasteiger partial charge in [0.05, 0.1) is 39.0 Å². The molecule has 4 bridgehead atoms. The van der Waals surface area contributed by atoms with E-state index in [9.17, 15) is 35.5 Å². The molecule has 148 valence electrons. The quantitative estimate of drug-likeness (QED) is 0.278. The van der Waals surface area contributed by atoms with E-state index in [1.165, 1.54) is 9.80 Å². The molecular weight excluding hydrogens is 352 g/mol. The van der Waals surface area contributed by atoms with Crippen LogP contribution >= 0.6 is 0 Å². The van der Waals surface area contributed by atoms with Crippen molar-refractivity contribution in [2.75, 3.05) is 32.8 Å². The normalized spacial score (nSPS) is 43.7. The second kappa shape index (κ2) is 5.78. The predicted octanol–water partition coefficient (Wildman–Crippen LogP) is -2.91. The Kier molecular flexibility index (Phi) is 4.29. The minimum absolute atomic E-state index is 0.108. The Morgan fingerprint density at radius 3 is 1.69 bits per heavy atom. The Balaban J connectivity index is 2.02. The lowest BCUT2D eigenvalue weighted by atomic mass is 9.53. The van der Waals surface area contributed by atoms with Crippen molar-refractivity contribution in [1.82, 2.24) is 9.80 Å². The number of aliphatic hydroxyl groups excluding tert-OH is 4. The van der Waals surface area contributed by atoms with E-state index in [4.69, 9.17) is 5.11 Å². The van der Waals surface area contributed by atoms with Crippen molar-refractivity contribution in [3.8, 4) is 0 Å². The van der Waals surface area contributed by atoms with Crippen LogP contribution in [-0.4, -0.2) is 108 Å². The molecule has 12 heteroatoms. The van der Waals surface area contributed by atoms with E-state index in [0.717, 1.165) is 0 Å². The average Bonchev–Trinajstić information content (AvgIpc) is 2.56. The average molecular weight is 376 g/mol. The number of rotatable bonds is 6. The summed E-state index contributed by atoms with van der Waals surface area (Å²) >= 11 is 0. The predicted molar refractivity (Wildman–Crippen MR) is 85.3 cm³/mol. The summed E-state index contributed by atoms with van der Waals surface area (Å²) in [6.45, 7) is 1.90. The van der Waals surface area contributed by atoms with Crippen LogP contribution < -0.4 is 0 Å². The Bertz CT molecular complexity index is 576. The molecule has 4 aliphatic heterocycles. The first-order chi connectivity index (χ1) is 11.9. The maximum Gasteiger partial charge on any atom is 0.259 e. The van der Waals surface area contributed by atoms with E-state index in [1.54, 1.807) is 13.8 Å². The zero-order valence-corrected chi connectivity index (χ0v) is 14.6. The second-order valence-electron chi connectivity index (χ2n) is 8.16. The Labute approximate surface area is 148 Å². The topological polar surface area (TPSA) is 174 Å². The molecule has 0 aromatic carbocycles. The lowest BCUT2D eigenvalue weighted by molar-refractivity contribution is -0.679. The summed E-state index contributed by atoms with van der Waals surface area (Å²) in [4.78, 5) is 25.8. The molecule has 0 spiro atoms. The first-order valence-corrected chi connectivity index (χ1v) is 8.37. The van der Waals surface area contributed by atoms with Crippen molar-refractivity contribution in [2.24, 2.45) is 5.41 Å². The lowest BCUT2D eigenvalue weighted by Gasteiger charge is -2.66. The number of nitro groups is 2. The first-order valence-electron chi connectivity index (χ1n) is 8.37. The number of hydrogen-bond acceptors (Lipinski definition) is 10. The maximum absolute atomic E-state index is 11.9. The molecule has 12 nitrogen and oxygen atoms in total. The van der Waals surface area contributed by atoms with Crippen molar-refractivity contribution in [3.63, 3.8) is 0 Å². The third kappa shape index (κ3) is 2.11. The molecule has 0 unspecified atom stereocenters. The Morgan fingerprint density at radius 1 is 1.00 bits per heavy atom. The lowest BCUT2D eigenvalue weighted by Crippen LogP contribution is -2.91. The smallest absolute Gasteiger partial charge is 0.259 e. The van der Waals surface area contributed by atoms with E-state index in [1.807, 2.05) is 0 Å². The fraction of sp³-hybridized carbons (Fsp3) is 1.00. The van der Waals surface area contributed by atoms with Crippen molar-refractivity contribution in [1.29, 1.82) is 0 Å². The van der Waals surface area contributed by atoms with Crippen molar-refractivity contribution >= 4 is 0 Å². The van der Waals surface area contributed by atoms with Crippen molar-refractivity contribution in [2.45, 2.75) is 49.4 Å². The molecule has 0 saturated carbocycles. The summed E-state index contributed by atoms with van der Waals surface area (Å²) in [6.07, 6.45) is -5.74. The summed E-state index contributed by atoms with van der Waals surface area (Å²) in [7, 11) is 0.